The van der Waals surface area contributed by atoms with Gasteiger partial charge in [-0.2, -0.15) is 0 Å². The highest BCUT2D eigenvalue weighted by Crippen LogP contribution is 2.34. The number of fused-ring (bicyclic) bond motifs is 1. The van der Waals surface area contributed by atoms with Gasteiger partial charge in [0, 0.05) is 31.9 Å². The highest BCUT2D eigenvalue weighted by atomic mass is 15.1. The minimum Gasteiger partial charge on any atom is -0.371 e. The first kappa shape index (κ1) is 26.6. The van der Waals surface area contributed by atoms with Crippen LogP contribution in [0.2, 0.25) is 0 Å². The van der Waals surface area contributed by atoms with E-state index in [9.17, 15) is 0 Å². The Morgan fingerprint density at radius 2 is 1.82 bits per heavy atom. The normalized spacial score (nSPS) is 16.8. The first-order valence-electron chi connectivity index (χ1n) is 13.6. The molecule has 0 amide bonds. The number of amidine groups is 1. The van der Waals surface area contributed by atoms with Crippen LogP contribution in [0.3, 0.4) is 0 Å². The van der Waals surface area contributed by atoms with Gasteiger partial charge >= 0.3 is 0 Å². The van der Waals surface area contributed by atoms with Gasteiger partial charge in [0.1, 0.15) is 5.84 Å². The van der Waals surface area contributed by atoms with Crippen LogP contribution in [0.15, 0.2) is 47.6 Å². The van der Waals surface area contributed by atoms with E-state index in [1.54, 1.807) is 0 Å². The van der Waals surface area contributed by atoms with Crippen LogP contribution in [-0.2, 0) is 19.4 Å². The molecule has 0 radical (unpaired) electrons. The number of allylic oxidation sites excluding steroid dienone is 1. The highest BCUT2D eigenvalue weighted by molar-refractivity contribution is 5.93. The molecule has 0 saturated heterocycles. The Hall–Kier alpha value is -2.03. The Bertz CT molecular complexity index is 869. The zero-order valence-electron chi connectivity index (χ0n) is 22.7. The van der Waals surface area contributed by atoms with Crippen molar-refractivity contribution in [2.45, 2.75) is 99.0 Å². The molecule has 0 spiro atoms. The average Bonchev–Trinajstić information content (AvgIpc) is 2.95. The first-order valence-corrected chi connectivity index (χ1v) is 13.6. The van der Waals surface area contributed by atoms with Gasteiger partial charge in [0.25, 0.3) is 0 Å². The summed E-state index contributed by atoms with van der Waals surface area (Å²) < 4.78 is 0. The average molecular weight is 464 g/mol. The fourth-order valence-electron chi connectivity index (χ4n) is 4.79. The molecule has 34 heavy (non-hydrogen) atoms. The second-order valence-electron chi connectivity index (χ2n) is 12.4. The monoisotopic (exact) mass is 463 g/mol. The molecule has 0 bridgehead atoms. The molecule has 3 rings (SSSR count). The maximum Gasteiger partial charge on any atom is 0.120 e. The second-order valence-corrected chi connectivity index (χ2v) is 12.4. The van der Waals surface area contributed by atoms with Crippen LogP contribution < -0.4 is 5.32 Å². The molecule has 0 saturated carbocycles. The Morgan fingerprint density at radius 1 is 1.00 bits per heavy atom. The Morgan fingerprint density at radius 3 is 2.56 bits per heavy atom. The van der Waals surface area contributed by atoms with Crippen molar-refractivity contribution < 1.29 is 0 Å². The maximum atomic E-state index is 4.51. The van der Waals surface area contributed by atoms with Crippen molar-refractivity contribution in [1.82, 2.24) is 10.2 Å². The quantitative estimate of drug-likeness (QED) is 0.365. The van der Waals surface area contributed by atoms with E-state index in [1.807, 2.05) is 0 Å². The summed E-state index contributed by atoms with van der Waals surface area (Å²) in [7, 11) is 0. The van der Waals surface area contributed by atoms with E-state index in [1.165, 1.54) is 54.5 Å². The van der Waals surface area contributed by atoms with Gasteiger partial charge < -0.3 is 10.2 Å². The third-order valence-electron chi connectivity index (χ3n) is 7.42. The lowest BCUT2D eigenvalue weighted by Crippen LogP contribution is -2.27. The minimum absolute atomic E-state index is 0.373. The molecule has 2 aliphatic rings. The van der Waals surface area contributed by atoms with Crippen LogP contribution in [0, 0.1) is 10.8 Å². The van der Waals surface area contributed by atoms with Crippen LogP contribution in [0.25, 0.3) is 0 Å². The molecule has 1 aromatic rings. The molecule has 2 heterocycles. The van der Waals surface area contributed by atoms with Gasteiger partial charge in [-0.05, 0) is 91.4 Å². The summed E-state index contributed by atoms with van der Waals surface area (Å²) in [5, 5.41) is 3.47. The van der Waals surface area contributed by atoms with Gasteiger partial charge in [0.2, 0.25) is 0 Å². The summed E-state index contributed by atoms with van der Waals surface area (Å²) >= 11 is 0. The van der Waals surface area contributed by atoms with E-state index < -0.39 is 0 Å². The maximum absolute atomic E-state index is 4.51. The van der Waals surface area contributed by atoms with Crippen LogP contribution >= 0.6 is 0 Å². The van der Waals surface area contributed by atoms with Crippen molar-refractivity contribution in [2.24, 2.45) is 15.8 Å². The molecule has 1 N–H and O–H groups in total. The zero-order valence-corrected chi connectivity index (χ0v) is 22.7. The summed E-state index contributed by atoms with van der Waals surface area (Å²) in [5.74, 6) is 1.05. The van der Waals surface area contributed by atoms with E-state index in [0.717, 1.165) is 57.7 Å². The van der Waals surface area contributed by atoms with Crippen molar-refractivity contribution in [3.63, 3.8) is 0 Å². The predicted molar refractivity (Wildman–Crippen MR) is 148 cm³/mol. The summed E-state index contributed by atoms with van der Waals surface area (Å²) in [6.45, 7) is 20.5. The molecule has 3 heteroatoms. The number of nitrogens with zero attached hydrogens (tertiary/aromatic N) is 2. The molecule has 0 fully saturated rings. The third-order valence-corrected chi connectivity index (χ3v) is 7.42. The number of aliphatic imine (C=N–C) groups is 1. The van der Waals surface area contributed by atoms with Gasteiger partial charge in [-0.1, -0.05) is 65.5 Å². The van der Waals surface area contributed by atoms with Crippen LogP contribution in [0.4, 0.5) is 0 Å². The van der Waals surface area contributed by atoms with Crippen LogP contribution in [-0.4, -0.2) is 30.4 Å². The first-order chi connectivity index (χ1) is 16.1. The molecule has 0 aromatic heterocycles. The molecule has 0 unspecified atom stereocenters. The minimum atomic E-state index is 0.373. The molecule has 1 aromatic carbocycles. The van der Waals surface area contributed by atoms with Gasteiger partial charge in [-0.3, -0.25) is 4.99 Å². The van der Waals surface area contributed by atoms with E-state index >= 15 is 0 Å². The summed E-state index contributed by atoms with van der Waals surface area (Å²) in [6.07, 6.45) is 14.9. The topological polar surface area (TPSA) is 27.6 Å². The molecule has 2 aliphatic heterocycles. The smallest absolute Gasteiger partial charge is 0.120 e. The lowest BCUT2D eigenvalue weighted by molar-refractivity contribution is 0.205. The van der Waals surface area contributed by atoms with E-state index in [-0.39, 0.29) is 0 Å². The lowest BCUT2D eigenvalue weighted by Gasteiger charge is -2.33. The molecule has 3 nitrogen and oxygen atoms in total. The molecule has 188 valence electrons. The van der Waals surface area contributed by atoms with Crippen molar-refractivity contribution >= 4 is 5.84 Å². The molecule has 0 atom stereocenters. The SMILES string of the molecule is C=C1CCc2ccc(CCCCNC3=NCCC=C3)cc2CN1CCC(C)(C)CCC(C)(C)C. The van der Waals surface area contributed by atoms with E-state index in [4.69, 9.17) is 0 Å². The van der Waals surface area contributed by atoms with E-state index in [0.29, 0.717) is 10.8 Å². The third kappa shape index (κ3) is 8.96. The Balaban J connectivity index is 1.50. The molecular weight excluding hydrogens is 414 g/mol. The van der Waals surface area contributed by atoms with Gasteiger partial charge in [-0.15, -0.1) is 0 Å². The summed E-state index contributed by atoms with van der Waals surface area (Å²) in [5.41, 5.74) is 6.61. The second kappa shape index (κ2) is 12.1. The number of rotatable bonds is 10. The Kier molecular flexibility index (Phi) is 9.45. The zero-order chi connectivity index (χ0) is 24.6. The van der Waals surface area contributed by atoms with Crippen LogP contribution in [0.5, 0.6) is 0 Å². The number of hydrogen-bond acceptors (Lipinski definition) is 3. The van der Waals surface area contributed by atoms with E-state index in [2.05, 4.69) is 86.8 Å². The summed E-state index contributed by atoms with van der Waals surface area (Å²) in [6, 6.07) is 7.22. The summed E-state index contributed by atoms with van der Waals surface area (Å²) in [4.78, 5) is 7.08. The van der Waals surface area contributed by atoms with Crippen molar-refractivity contribution in [3.8, 4) is 0 Å². The number of nitrogens with one attached hydrogen (secondary N) is 1. The van der Waals surface area contributed by atoms with Gasteiger partial charge in [-0.25, -0.2) is 0 Å². The number of dihydropyridines is 1. The molecule has 0 aliphatic carbocycles. The molecular formula is C31H49N3. The number of unbranched alkanes of at least 4 members (excludes halogenated alkanes) is 1. The van der Waals surface area contributed by atoms with Crippen molar-refractivity contribution in [1.29, 1.82) is 0 Å². The van der Waals surface area contributed by atoms with Gasteiger partial charge in [0.05, 0.1) is 0 Å². The number of benzene rings is 1. The lowest BCUT2D eigenvalue weighted by atomic mass is 9.78. The highest BCUT2D eigenvalue weighted by Gasteiger charge is 2.24. The predicted octanol–water partition coefficient (Wildman–Crippen LogP) is 7.46. The largest absolute Gasteiger partial charge is 0.371 e. The van der Waals surface area contributed by atoms with Gasteiger partial charge in [0.15, 0.2) is 0 Å². The van der Waals surface area contributed by atoms with Crippen LogP contribution in [0.1, 0.15) is 96.3 Å². The fraction of sp³-hybridized carbons (Fsp3) is 0.645. The number of aryl methyl sites for hydroxylation is 2. The Labute approximate surface area is 209 Å². The fourth-order valence-corrected chi connectivity index (χ4v) is 4.79. The number of hydrogen-bond donors (Lipinski definition) is 1. The van der Waals surface area contributed by atoms with Crippen molar-refractivity contribution in [3.05, 3.63) is 59.3 Å². The van der Waals surface area contributed by atoms with Crippen molar-refractivity contribution in [2.75, 3.05) is 19.6 Å². The standard InChI is InChI=1S/C31H49N3/c1-25-13-15-27-16-14-26(11-7-9-20-32-29-12-8-10-21-33-29)23-28(27)24-34(25)22-19-31(5,6)18-17-30(2,3)4/h8,12,14,16,23H,1,7,9-11,13,15,17-22,24H2,2-6H3,(H,32,33).